The molecule has 5 nitrogen and oxygen atoms in total. The van der Waals surface area contributed by atoms with Gasteiger partial charge in [0.25, 0.3) is 0 Å². The first-order valence-corrected chi connectivity index (χ1v) is 4.90. The summed E-state index contributed by atoms with van der Waals surface area (Å²) in [7, 11) is 0. The summed E-state index contributed by atoms with van der Waals surface area (Å²) in [5, 5.41) is 11.2. The lowest BCUT2D eigenvalue weighted by Gasteiger charge is -2.06. The van der Waals surface area contributed by atoms with E-state index in [1.807, 2.05) is 6.92 Å². The van der Waals surface area contributed by atoms with Crippen molar-refractivity contribution in [3.63, 3.8) is 0 Å². The minimum atomic E-state index is -1.04. The van der Waals surface area contributed by atoms with Crippen molar-refractivity contribution >= 4 is 17.7 Å². The van der Waals surface area contributed by atoms with Crippen molar-refractivity contribution < 1.29 is 19.4 Å². The summed E-state index contributed by atoms with van der Waals surface area (Å²) in [6, 6.07) is 5.97. The molecule has 1 aromatic rings. The molecule has 0 heterocycles. The van der Waals surface area contributed by atoms with E-state index in [2.05, 4.69) is 5.32 Å². The van der Waals surface area contributed by atoms with Gasteiger partial charge in [-0.15, -0.1) is 0 Å². The Morgan fingerprint density at radius 2 is 2.19 bits per heavy atom. The SMILES string of the molecule is CCCOC(=O)Nc1cccc(C(=O)O)c1. The lowest BCUT2D eigenvalue weighted by Crippen LogP contribution is -2.14. The van der Waals surface area contributed by atoms with Gasteiger partial charge in [-0.1, -0.05) is 13.0 Å². The molecular weight excluding hydrogens is 210 g/mol. The topological polar surface area (TPSA) is 75.6 Å². The zero-order valence-electron chi connectivity index (χ0n) is 8.90. The average Bonchev–Trinajstić information content (AvgIpc) is 2.26. The minimum absolute atomic E-state index is 0.119. The number of carbonyl (C=O) groups is 2. The average molecular weight is 223 g/mol. The van der Waals surface area contributed by atoms with Crippen LogP contribution in [-0.2, 0) is 4.74 Å². The van der Waals surface area contributed by atoms with Gasteiger partial charge >= 0.3 is 12.1 Å². The van der Waals surface area contributed by atoms with Crippen LogP contribution in [0.1, 0.15) is 23.7 Å². The zero-order valence-corrected chi connectivity index (χ0v) is 8.90. The van der Waals surface area contributed by atoms with Gasteiger partial charge in [-0.05, 0) is 24.6 Å². The molecule has 2 N–H and O–H groups in total. The fraction of sp³-hybridized carbons (Fsp3) is 0.273. The number of carboxylic acid groups (broad SMARTS) is 1. The number of carbonyl (C=O) groups excluding carboxylic acids is 1. The normalized spacial score (nSPS) is 9.56. The second kappa shape index (κ2) is 5.75. The van der Waals surface area contributed by atoms with Crippen molar-refractivity contribution in [2.24, 2.45) is 0 Å². The van der Waals surface area contributed by atoms with Gasteiger partial charge < -0.3 is 9.84 Å². The monoisotopic (exact) mass is 223 g/mol. The second-order valence-electron chi connectivity index (χ2n) is 3.15. The van der Waals surface area contributed by atoms with Crippen molar-refractivity contribution in [3.8, 4) is 0 Å². The van der Waals surface area contributed by atoms with Gasteiger partial charge in [-0.25, -0.2) is 9.59 Å². The number of ether oxygens (including phenoxy) is 1. The smallest absolute Gasteiger partial charge is 0.411 e. The van der Waals surface area contributed by atoms with E-state index in [1.54, 1.807) is 12.1 Å². The van der Waals surface area contributed by atoms with Gasteiger partial charge in [0.1, 0.15) is 0 Å². The van der Waals surface area contributed by atoms with Crippen LogP contribution in [-0.4, -0.2) is 23.8 Å². The predicted octanol–water partition coefficient (Wildman–Crippen LogP) is 2.34. The van der Waals surface area contributed by atoms with Crippen LogP contribution >= 0.6 is 0 Å². The van der Waals surface area contributed by atoms with Crippen LogP contribution < -0.4 is 5.32 Å². The summed E-state index contributed by atoms with van der Waals surface area (Å²) in [6.45, 7) is 2.22. The maximum atomic E-state index is 11.2. The minimum Gasteiger partial charge on any atom is -0.478 e. The Hall–Kier alpha value is -2.04. The van der Waals surface area contributed by atoms with Gasteiger partial charge in [-0.3, -0.25) is 5.32 Å². The molecule has 0 radical (unpaired) electrons. The first-order chi connectivity index (χ1) is 7.63. The Morgan fingerprint density at radius 3 is 2.81 bits per heavy atom. The first kappa shape index (κ1) is 12.0. The number of rotatable bonds is 4. The molecule has 0 saturated heterocycles. The van der Waals surface area contributed by atoms with Gasteiger partial charge in [-0.2, -0.15) is 0 Å². The third-order valence-corrected chi connectivity index (χ3v) is 1.79. The van der Waals surface area contributed by atoms with Gasteiger partial charge in [0, 0.05) is 5.69 Å². The quantitative estimate of drug-likeness (QED) is 0.821. The Morgan fingerprint density at radius 1 is 1.44 bits per heavy atom. The number of anilines is 1. The maximum absolute atomic E-state index is 11.2. The summed E-state index contributed by atoms with van der Waals surface area (Å²) < 4.78 is 4.80. The molecule has 86 valence electrons. The summed E-state index contributed by atoms with van der Waals surface area (Å²) >= 11 is 0. The summed E-state index contributed by atoms with van der Waals surface area (Å²) in [4.78, 5) is 21.8. The third-order valence-electron chi connectivity index (χ3n) is 1.79. The maximum Gasteiger partial charge on any atom is 0.411 e. The molecule has 1 amide bonds. The van der Waals surface area contributed by atoms with Crippen molar-refractivity contribution in [2.45, 2.75) is 13.3 Å². The molecule has 0 aliphatic rings. The van der Waals surface area contributed by atoms with Crippen molar-refractivity contribution in [1.82, 2.24) is 0 Å². The standard InChI is InChI=1S/C11H13NO4/c1-2-6-16-11(15)12-9-5-3-4-8(7-9)10(13)14/h3-5,7H,2,6H2,1H3,(H,12,15)(H,13,14). The van der Waals surface area contributed by atoms with Crippen LogP contribution in [0.25, 0.3) is 0 Å². The van der Waals surface area contributed by atoms with Crippen LogP contribution in [0.2, 0.25) is 0 Å². The lowest BCUT2D eigenvalue weighted by atomic mass is 10.2. The van der Waals surface area contributed by atoms with Gasteiger partial charge in [0.05, 0.1) is 12.2 Å². The van der Waals surface area contributed by atoms with E-state index in [0.717, 1.165) is 6.42 Å². The number of benzene rings is 1. The van der Waals surface area contributed by atoms with E-state index < -0.39 is 12.1 Å². The van der Waals surface area contributed by atoms with Gasteiger partial charge in [0.2, 0.25) is 0 Å². The molecule has 0 aromatic heterocycles. The Balaban J connectivity index is 2.63. The molecular formula is C11H13NO4. The molecule has 0 unspecified atom stereocenters. The van der Waals surface area contributed by atoms with E-state index in [1.165, 1.54) is 12.1 Å². The van der Waals surface area contributed by atoms with Crippen molar-refractivity contribution in [3.05, 3.63) is 29.8 Å². The van der Waals surface area contributed by atoms with E-state index in [0.29, 0.717) is 12.3 Å². The molecule has 0 aliphatic carbocycles. The first-order valence-electron chi connectivity index (χ1n) is 4.90. The second-order valence-corrected chi connectivity index (χ2v) is 3.15. The van der Waals surface area contributed by atoms with Crippen molar-refractivity contribution in [2.75, 3.05) is 11.9 Å². The number of nitrogens with one attached hydrogen (secondary N) is 1. The van der Waals surface area contributed by atoms with Crippen LogP contribution in [0, 0.1) is 0 Å². The van der Waals surface area contributed by atoms with Crippen LogP contribution in [0.3, 0.4) is 0 Å². The molecule has 0 saturated carbocycles. The summed E-state index contributed by atoms with van der Waals surface area (Å²) in [6.07, 6.45) is 0.159. The molecule has 0 aliphatic heterocycles. The molecule has 16 heavy (non-hydrogen) atoms. The van der Waals surface area contributed by atoms with E-state index in [9.17, 15) is 9.59 Å². The third kappa shape index (κ3) is 3.61. The molecule has 0 atom stereocenters. The fourth-order valence-electron chi connectivity index (χ4n) is 1.08. The summed E-state index contributed by atoms with van der Waals surface area (Å²) in [5.41, 5.74) is 0.522. The number of hydrogen-bond donors (Lipinski definition) is 2. The van der Waals surface area contributed by atoms with Crippen molar-refractivity contribution in [1.29, 1.82) is 0 Å². The van der Waals surface area contributed by atoms with E-state index in [4.69, 9.17) is 9.84 Å². The number of amides is 1. The molecule has 1 rings (SSSR count). The molecule has 0 fully saturated rings. The fourth-order valence-corrected chi connectivity index (χ4v) is 1.08. The Labute approximate surface area is 93.0 Å². The highest BCUT2D eigenvalue weighted by Gasteiger charge is 2.06. The Kier molecular flexibility index (Phi) is 4.32. The van der Waals surface area contributed by atoms with Crippen LogP contribution in [0.4, 0.5) is 10.5 Å². The Bertz CT molecular complexity index is 389. The largest absolute Gasteiger partial charge is 0.478 e. The van der Waals surface area contributed by atoms with Crippen LogP contribution in [0.5, 0.6) is 0 Å². The number of carboxylic acids is 1. The molecule has 1 aromatic carbocycles. The molecule has 5 heteroatoms. The predicted molar refractivity (Wildman–Crippen MR) is 58.7 cm³/mol. The lowest BCUT2D eigenvalue weighted by molar-refractivity contribution is 0.0697. The summed E-state index contributed by atoms with van der Waals surface area (Å²) in [5.74, 6) is -1.04. The van der Waals surface area contributed by atoms with Crippen LogP contribution in [0.15, 0.2) is 24.3 Å². The van der Waals surface area contributed by atoms with E-state index >= 15 is 0 Å². The number of aromatic carboxylic acids is 1. The van der Waals surface area contributed by atoms with Gasteiger partial charge in [0.15, 0.2) is 0 Å². The van der Waals surface area contributed by atoms with E-state index in [-0.39, 0.29) is 5.56 Å². The zero-order chi connectivity index (χ0) is 12.0. The molecule has 0 spiro atoms. The highest BCUT2D eigenvalue weighted by Crippen LogP contribution is 2.10. The molecule has 0 bridgehead atoms. The highest BCUT2D eigenvalue weighted by atomic mass is 16.5. The highest BCUT2D eigenvalue weighted by molar-refractivity contribution is 5.91. The number of hydrogen-bond acceptors (Lipinski definition) is 3.